The lowest BCUT2D eigenvalue weighted by Gasteiger charge is -2.21. The summed E-state index contributed by atoms with van der Waals surface area (Å²) in [4.78, 5) is 15.1. The summed E-state index contributed by atoms with van der Waals surface area (Å²) in [7, 11) is 0. The summed E-state index contributed by atoms with van der Waals surface area (Å²) in [5, 5.41) is 1.07. The van der Waals surface area contributed by atoms with E-state index in [2.05, 4.69) is 0 Å². The smallest absolute Gasteiger partial charge is 0.235 e. The number of thioether (sulfide) groups is 1. The predicted octanol–water partition coefficient (Wildman–Crippen LogP) is 3.28. The first-order valence-corrected chi connectivity index (χ1v) is 8.25. The first-order valence-electron chi connectivity index (χ1n) is 6.62. The molecule has 1 fully saturated rings. The molecule has 20 heavy (non-hydrogen) atoms. The topological polar surface area (TPSA) is 46.3 Å². The van der Waals surface area contributed by atoms with Crippen LogP contribution in [0.15, 0.2) is 23.1 Å². The van der Waals surface area contributed by atoms with Gasteiger partial charge in [-0.1, -0.05) is 23.2 Å². The highest BCUT2D eigenvalue weighted by molar-refractivity contribution is 8.00. The van der Waals surface area contributed by atoms with Crippen LogP contribution in [0.4, 0.5) is 0 Å². The van der Waals surface area contributed by atoms with Crippen molar-refractivity contribution in [3.05, 3.63) is 28.2 Å². The Hall–Kier alpha value is -0.420. The molecule has 0 spiro atoms. The van der Waals surface area contributed by atoms with Gasteiger partial charge in [-0.05, 0) is 44.0 Å². The van der Waals surface area contributed by atoms with E-state index in [9.17, 15) is 4.79 Å². The van der Waals surface area contributed by atoms with Gasteiger partial charge in [0.05, 0.1) is 10.3 Å². The van der Waals surface area contributed by atoms with Gasteiger partial charge >= 0.3 is 0 Å². The molecule has 2 rings (SSSR count). The number of halogens is 2. The number of carbonyl (C=O) groups excluding carboxylic acids is 1. The second-order valence-corrected chi connectivity index (χ2v) is 7.24. The number of amides is 1. The average molecular weight is 333 g/mol. The van der Waals surface area contributed by atoms with Gasteiger partial charge in [-0.25, -0.2) is 0 Å². The van der Waals surface area contributed by atoms with E-state index in [1.807, 2.05) is 11.8 Å². The van der Waals surface area contributed by atoms with E-state index in [1.165, 1.54) is 11.8 Å². The Morgan fingerprint density at radius 3 is 2.95 bits per heavy atom. The molecule has 0 aliphatic carbocycles. The molecule has 1 saturated heterocycles. The number of nitrogens with two attached hydrogens (primary N) is 1. The lowest BCUT2D eigenvalue weighted by atomic mass is 10.1. The molecule has 6 heteroatoms. The van der Waals surface area contributed by atoms with Crippen LogP contribution in [-0.4, -0.2) is 35.7 Å². The fourth-order valence-electron chi connectivity index (χ4n) is 2.29. The second-order valence-electron chi connectivity index (χ2n) is 5.01. The summed E-state index contributed by atoms with van der Waals surface area (Å²) in [5.41, 5.74) is 5.66. The van der Waals surface area contributed by atoms with Gasteiger partial charge in [0, 0.05) is 23.0 Å². The van der Waals surface area contributed by atoms with Crippen molar-refractivity contribution in [2.45, 2.75) is 23.5 Å². The summed E-state index contributed by atoms with van der Waals surface area (Å²) < 4.78 is 0. The Kier molecular flexibility index (Phi) is 5.61. The third-order valence-electron chi connectivity index (χ3n) is 3.48. The van der Waals surface area contributed by atoms with Crippen LogP contribution >= 0.6 is 35.0 Å². The van der Waals surface area contributed by atoms with E-state index in [0.717, 1.165) is 24.4 Å². The van der Waals surface area contributed by atoms with Gasteiger partial charge in [-0.15, -0.1) is 11.8 Å². The van der Waals surface area contributed by atoms with Gasteiger partial charge < -0.3 is 10.6 Å². The molecule has 1 aromatic carbocycles. The molecular formula is C14H18Cl2N2OS. The summed E-state index contributed by atoms with van der Waals surface area (Å²) in [5.74, 6) is 0.577. The SMILES string of the molecule is CC(Sc1cc(Cl)ccc1Cl)C(=O)N1CCC(CN)C1. The quantitative estimate of drug-likeness (QED) is 0.860. The third kappa shape index (κ3) is 3.82. The molecule has 0 radical (unpaired) electrons. The van der Waals surface area contributed by atoms with Crippen molar-refractivity contribution < 1.29 is 4.79 Å². The van der Waals surface area contributed by atoms with Gasteiger partial charge in [0.2, 0.25) is 5.91 Å². The number of benzene rings is 1. The van der Waals surface area contributed by atoms with Crippen molar-refractivity contribution in [3.63, 3.8) is 0 Å². The zero-order valence-electron chi connectivity index (χ0n) is 11.3. The third-order valence-corrected chi connectivity index (χ3v) is 5.30. The van der Waals surface area contributed by atoms with Gasteiger partial charge in [-0.2, -0.15) is 0 Å². The van der Waals surface area contributed by atoms with Crippen LogP contribution in [0, 0.1) is 5.92 Å². The number of likely N-dealkylation sites (tertiary alicyclic amines) is 1. The maximum Gasteiger partial charge on any atom is 0.235 e. The highest BCUT2D eigenvalue weighted by Crippen LogP contribution is 2.33. The molecule has 2 atom stereocenters. The Morgan fingerprint density at radius 1 is 1.55 bits per heavy atom. The molecule has 1 aliphatic rings. The molecule has 1 heterocycles. The molecule has 1 aliphatic heterocycles. The van der Waals surface area contributed by atoms with Gasteiger partial charge in [0.1, 0.15) is 0 Å². The first kappa shape index (κ1) is 16.0. The van der Waals surface area contributed by atoms with Crippen LogP contribution in [0.5, 0.6) is 0 Å². The van der Waals surface area contributed by atoms with Crippen molar-refractivity contribution in [3.8, 4) is 0 Å². The van der Waals surface area contributed by atoms with E-state index in [4.69, 9.17) is 28.9 Å². The van der Waals surface area contributed by atoms with Crippen molar-refractivity contribution in [2.75, 3.05) is 19.6 Å². The number of carbonyl (C=O) groups is 1. The lowest BCUT2D eigenvalue weighted by molar-refractivity contribution is -0.129. The molecule has 0 saturated carbocycles. The Balaban J connectivity index is 1.99. The highest BCUT2D eigenvalue weighted by Gasteiger charge is 2.28. The molecule has 110 valence electrons. The first-order chi connectivity index (χ1) is 9.51. The molecular weight excluding hydrogens is 315 g/mol. The van der Waals surface area contributed by atoms with E-state index in [1.54, 1.807) is 18.2 Å². The Labute approximate surface area is 133 Å². The minimum absolute atomic E-state index is 0.141. The normalized spacial score (nSPS) is 20.2. The van der Waals surface area contributed by atoms with Crippen molar-refractivity contribution >= 4 is 40.9 Å². The standard InChI is InChI=1S/C14H18Cl2N2OS/c1-9(14(19)18-5-4-10(7-17)8-18)20-13-6-11(15)2-3-12(13)16/h2-3,6,9-10H,4-5,7-8,17H2,1H3. The van der Waals surface area contributed by atoms with E-state index >= 15 is 0 Å². The molecule has 0 aromatic heterocycles. The van der Waals surface area contributed by atoms with Crippen LogP contribution in [-0.2, 0) is 4.79 Å². The highest BCUT2D eigenvalue weighted by atomic mass is 35.5. The van der Waals surface area contributed by atoms with Gasteiger partial charge in [0.15, 0.2) is 0 Å². The average Bonchev–Trinajstić information content (AvgIpc) is 2.90. The van der Waals surface area contributed by atoms with Crippen LogP contribution in [0.1, 0.15) is 13.3 Å². The largest absolute Gasteiger partial charge is 0.341 e. The lowest BCUT2D eigenvalue weighted by Crippen LogP contribution is -2.35. The van der Waals surface area contributed by atoms with Crippen LogP contribution < -0.4 is 5.73 Å². The maximum absolute atomic E-state index is 12.4. The molecule has 1 aromatic rings. The Morgan fingerprint density at radius 2 is 2.30 bits per heavy atom. The summed E-state index contributed by atoms with van der Waals surface area (Å²) in [6.07, 6.45) is 0.998. The minimum atomic E-state index is -0.178. The van der Waals surface area contributed by atoms with Crippen molar-refractivity contribution in [1.29, 1.82) is 0 Å². The van der Waals surface area contributed by atoms with Crippen LogP contribution in [0.25, 0.3) is 0 Å². The van der Waals surface area contributed by atoms with E-state index < -0.39 is 0 Å². The van der Waals surface area contributed by atoms with Gasteiger partial charge in [-0.3, -0.25) is 4.79 Å². The number of rotatable bonds is 4. The predicted molar refractivity (Wildman–Crippen MR) is 85.5 cm³/mol. The van der Waals surface area contributed by atoms with Crippen LogP contribution in [0.3, 0.4) is 0 Å². The number of hydrogen-bond acceptors (Lipinski definition) is 3. The van der Waals surface area contributed by atoms with Crippen LogP contribution in [0.2, 0.25) is 10.0 Å². The van der Waals surface area contributed by atoms with E-state index in [0.29, 0.717) is 22.5 Å². The molecule has 0 bridgehead atoms. The zero-order chi connectivity index (χ0) is 14.7. The van der Waals surface area contributed by atoms with Gasteiger partial charge in [0.25, 0.3) is 0 Å². The molecule has 2 unspecified atom stereocenters. The van der Waals surface area contributed by atoms with E-state index in [-0.39, 0.29) is 11.2 Å². The second kappa shape index (κ2) is 7.03. The fourth-order valence-corrected chi connectivity index (χ4v) is 3.79. The maximum atomic E-state index is 12.4. The monoisotopic (exact) mass is 332 g/mol. The van der Waals surface area contributed by atoms with Crippen molar-refractivity contribution in [2.24, 2.45) is 11.7 Å². The molecule has 2 N–H and O–H groups in total. The fraction of sp³-hybridized carbons (Fsp3) is 0.500. The minimum Gasteiger partial charge on any atom is -0.341 e. The summed E-state index contributed by atoms with van der Waals surface area (Å²) in [6, 6.07) is 5.29. The summed E-state index contributed by atoms with van der Waals surface area (Å²) in [6.45, 7) is 4.11. The van der Waals surface area contributed by atoms with Crippen molar-refractivity contribution in [1.82, 2.24) is 4.90 Å². The zero-order valence-corrected chi connectivity index (χ0v) is 13.6. The molecule has 1 amide bonds. The molecule has 3 nitrogen and oxygen atoms in total. The number of hydrogen-bond donors (Lipinski definition) is 1. The Bertz CT molecular complexity index is 498. The number of nitrogens with zero attached hydrogens (tertiary/aromatic N) is 1. The summed E-state index contributed by atoms with van der Waals surface area (Å²) >= 11 is 13.5.